The Morgan fingerprint density at radius 1 is 1.67 bits per heavy atom. The molecule has 0 aromatic carbocycles. The van der Waals surface area contributed by atoms with E-state index in [4.69, 9.17) is 5.73 Å². The summed E-state index contributed by atoms with van der Waals surface area (Å²) in [6.07, 6.45) is 2.98. The predicted octanol–water partition coefficient (Wildman–Crippen LogP) is -0.454. The summed E-state index contributed by atoms with van der Waals surface area (Å²) in [6.45, 7) is 0. The van der Waals surface area contributed by atoms with E-state index in [0.717, 1.165) is 0 Å². The van der Waals surface area contributed by atoms with Crippen molar-refractivity contribution >= 4 is 11.6 Å². The Morgan fingerprint density at radius 3 is 3.00 bits per heavy atom. The van der Waals surface area contributed by atoms with Crippen LogP contribution in [0.4, 0.5) is 5.82 Å². The average Bonchev–Trinajstić information content (AvgIpc) is 2.76. The summed E-state index contributed by atoms with van der Waals surface area (Å²) in [5.74, 6) is 0.750. The van der Waals surface area contributed by atoms with Crippen LogP contribution in [0.3, 0.4) is 0 Å². The Labute approximate surface area is 85.3 Å². The predicted molar refractivity (Wildman–Crippen MR) is 52.0 cm³/mol. The zero-order valence-corrected chi connectivity index (χ0v) is 8.14. The third kappa shape index (κ3) is 1.71. The number of anilines is 1. The lowest BCUT2D eigenvalue weighted by Crippen LogP contribution is -2.10. The van der Waals surface area contributed by atoms with Gasteiger partial charge in [-0.15, -0.1) is 0 Å². The van der Waals surface area contributed by atoms with Gasteiger partial charge in [0.05, 0.1) is 18.2 Å². The number of aromatic nitrogens is 5. The van der Waals surface area contributed by atoms with Crippen molar-refractivity contribution in [3.8, 4) is 0 Å². The fourth-order valence-electron chi connectivity index (χ4n) is 1.24. The normalized spacial score (nSPS) is 10.5. The minimum Gasteiger partial charge on any atom is -0.383 e. The SMILES string of the molecule is Cn1ncnc1CC(=O)c1cn[nH]c1N. The summed E-state index contributed by atoms with van der Waals surface area (Å²) in [5.41, 5.74) is 5.91. The lowest BCUT2D eigenvalue weighted by molar-refractivity contribution is 0.0990. The molecule has 0 saturated carbocycles. The fourth-order valence-corrected chi connectivity index (χ4v) is 1.24. The number of nitrogens with one attached hydrogen (secondary N) is 1. The minimum atomic E-state index is -0.127. The summed E-state index contributed by atoms with van der Waals surface area (Å²) in [6, 6.07) is 0. The summed E-state index contributed by atoms with van der Waals surface area (Å²) in [4.78, 5) is 15.7. The largest absolute Gasteiger partial charge is 0.383 e. The molecule has 0 fully saturated rings. The third-order valence-corrected chi connectivity index (χ3v) is 2.09. The molecule has 2 aromatic heterocycles. The van der Waals surface area contributed by atoms with E-state index in [0.29, 0.717) is 11.4 Å². The van der Waals surface area contributed by atoms with Gasteiger partial charge in [0.2, 0.25) is 0 Å². The van der Waals surface area contributed by atoms with E-state index < -0.39 is 0 Å². The van der Waals surface area contributed by atoms with Crippen LogP contribution in [0.5, 0.6) is 0 Å². The Balaban J connectivity index is 2.18. The maximum Gasteiger partial charge on any atom is 0.175 e. The van der Waals surface area contributed by atoms with Gasteiger partial charge in [-0.1, -0.05) is 0 Å². The number of hydrogen-bond acceptors (Lipinski definition) is 5. The molecule has 0 unspecified atom stereocenters. The highest BCUT2D eigenvalue weighted by molar-refractivity contribution is 6.00. The number of ketones is 1. The molecule has 0 saturated heterocycles. The number of H-pyrrole nitrogens is 1. The van der Waals surface area contributed by atoms with Crippen LogP contribution < -0.4 is 5.73 Å². The van der Waals surface area contributed by atoms with Crippen molar-refractivity contribution in [1.29, 1.82) is 0 Å². The zero-order valence-electron chi connectivity index (χ0n) is 8.14. The number of carbonyl (C=O) groups is 1. The number of aromatic amines is 1. The molecule has 0 aliphatic carbocycles. The van der Waals surface area contributed by atoms with Crippen LogP contribution in [0, 0.1) is 0 Å². The first-order chi connectivity index (χ1) is 7.18. The number of rotatable bonds is 3. The molecule has 0 radical (unpaired) electrons. The molecule has 78 valence electrons. The highest BCUT2D eigenvalue weighted by Crippen LogP contribution is 2.09. The maximum atomic E-state index is 11.7. The van der Waals surface area contributed by atoms with Gasteiger partial charge >= 0.3 is 0 Å². The van der Waals surface area contributed by atoms with Crippen molar-refractivity contribution in [2.75, 3.05) is 5.73 Å². The molecule has 0 bridgehead atoms. The molecule has 0 aliphatic heterocycles. The number of nitrogens with zero attached hydrogens (tertiary/aromatic N) is 4. The summed E-state index contributed by atoms with van der Waals surface area (Å²) >= 11 is 0. The number of nitrogen functional groups attached to an aromatic ring is 1. The van der Waals surface area contributed by atoms with Crippen LogP contribution in [0.15, 0.2) is 12.5 Å². The van der Waals surface area contributed by atoms with Gasteiger partial charge in [0.1, 0.15) is 18.0 Å². The quantitative estimate of drug-likeness (QED) is 0.662. The number of Topliss-reactive ketones (excluding diaryl/α,β-unsaturated/α-hetero) is 1. The van der Waals surface area contributed by atoms with E-state index in [2.05, 4.69) is 20.3 Å². The summed E-state index contributed by atoms with van der Waals surface area (Å²) in [5, 5.41) is 10.1. The Morgan fingerprint density at radius 2 is 2.47 bits per heavy atom. The van der Waals surface area contributed by atoms with Crippen molar-refractivity contribution in [2.24, 2.45) is 7.05 Å². The fraction of sp³-hybridized carbons (Fsp3) is 0.250. The summed E-state index contributed by atoms with van der Waals surface area (Å²) < 4.78 is 1.55. The van der Waals surface area contributed by atoms with Crippen molar-refractivity contribution < 1.29 is 4.79 Å². The van der Waals surface area contributed by atoms with Crippen molar-refractivity contribution in [2.45, 2.75) is 6.42 Å². The van der Waals surface area contributed by atoms with Crippen LogP contribution in [0.25, 0.3) is 0 Å². The lowest BCUT2D eigenvalue weighted by Gasteiger charge is -1.98. The van der Waals surface area contributed by atoms with Gasteiger partial charge < -0.3 is 5.73 Å². The second-order valence-corrected chi connectivity index (χ2v) is 3.10. The average molecular weight is 206 g/mol. The van der Waals surface area contributed by atoms with E-state index in [9.17, 15) is 4.79 Å². The molecule has 15 heavy (non-hydrogen) atoms. The van der Waals surface area contributed by atoms with Crippen molar-refractivity contribution in [3.63, 3.8) is 0 Å². The van der Waals surface area contributed by atoms with Gasteiger partial charge in [0.25, 0.3) is 0 Å². The van der Waals surface area contributed by atoms with Crippen LogP contribution >= 0.6 is 0 Å². The molecule has 0 aliphatic rings. The number of carbonyl (C=O) groups excluding carboxylic acids is 1. The maximum absolute atomic E-state index is 11.7. The highest BCUT2D eigenvalue weighted by Gasteiger charge is 2.14. The van der Waals surface area contributed by atoms with Gasteiger partial charge in [-0.25, -0.2) is 4.98 Å². The first kappa shape index (κ1) is 9.38. The molecule has 2 aromatic rings. The van der Waals surface area contributed by atoms with E-state index in [1.807, 2.05) is 0 Å². The van der Waals surface area contributed by atoms with E-state index in [-0.39, 0.29) is 18.0 Å². The van der Waals surface area contributed by atoms with Gasteiger partial charge in [-0.3, -0.25) is 14.6 Å². The molecule has 0 amide bonds. The van der Waals surface area contributed by atoms with Crippen LogP contribution in [-0.2, 0) is 13.5 Å². The van der Waals surface area contributed by atoms with E-state index >= 15 is 0 Å². The first-order valence-corrected chi connectivity index (χ1v) is 4.33. The topological polar surface area (TPSA) is 102 Å². The molecule has 0 spiro atoms. The van der Waals surface area contributed by atoms with E-state index in [1.54, 1.807) is 11.7 Å². The van der Waals surface area contributed by atoms with Crippen molar-refractivity contribution in [3.05, 3.63) is 23.9 Å². The molecular weight excluding hydrogens is 196 g/mol. The second kappa shape index (κ2) is 3.52. The van der Waals surface area contributed by atoms with Crippen molar-refractivity contribution in [1.82, 2.24) is 25.0 Å². The smallest absolute Gasteiger partial charge is 0.175 e. The third-order valence-electron chi connectivity index (χ3n) is 2.09. The van der Waals surface area contributed by atoms with Crippen LogP contribution in [-0.4, -0.2) is 30.7 Å². The monoisotopic (exact) mass is 206 g/mol. The second-order valence-electron chi connectivity index (χ2n) is 3.10. The van der Waals surface area contributed by atoms with Crippen LogP contribution in [0.2, 0.25) is 0 Å². The number of hydrogen-bond donors (Lipinski definition) is 2. The van der Waals surface area contributed by atoms with Gasteiger partial charge in [-0.2, -0.15) is 10.2 Å². The first-order valence-electron chi connectivity index (χ1n) is 4.33. The standard InChI is InChI=1S/C8H10N6O/c1-14-7(10-4-12-14)2-6(15)5-3-11-13-8(5)9/h3-4H,2H2,1H3,(H3,9,11,13). The molecule has 0 atom stereocenters. The Kier molecular flexibility index (Phi) is 2.20. The molecule has 7 nitrogen and oxygen atoms in total. The molecule has 2 heterocycles. The molecule has 3 N–H and O–H groups in total. The minimum absolute atomic E-state index is 0.127. The van der Waals surface area contributed by atoms with Crippen LogP contribution in [0.1, 0.15) is 16.2 Å². The summed E-state index contributed by atoms with van der Waals surface area (Å²) in [7, 11) is 1.73. The highest BCUT2D eigenvalue weighted by atomic mass is 16.1. The number of aryl methyl sites for hydroxylation is 1. The molecule has 2 rings (SSSR count). The lowest BCUT2D eigenvalue weighted by atomic mass is 10.1. The van der Waals surface area contributed by atoms with Gasteiger partial charge in [0, 0.05) is 7.05 Å². The number of nitrogens with two attached hydrogens (primary N) is 1. The Hall–Kier alpha value is -2.18. The molecular formula is C8H10N6O. The molecule has 7 heteroatoms. The van der Waals surface area contributed by atoms with Gasteiger partial charge in [-0.05, 0) is 0 Å². The van der Waals surface area contributed by atoms with Gasteiger partial charge in [0.15, 0.2) is 5.78 Å². The van der Waals surface area contributed by atoms with E-state index in [1.165, 1.54) is 12.5 Å². The Bertz CT molecular complexity index is 485. The zero-order chi connectivity index (χ0) is 10.8.